The zero-order chi connectivity index (χ0) is 36.1. The number of aryl methyl sites for hydroxylation is 2. The molecule has 273 valence electrons. The summed E-state index contributed by atoms with van der Waals surface area (Å²) in [4.78, 5) is 21.7. The molecule has 1 heterocycles. The van der Waals surface area contributed by atoms with Crippen LogP contribution in [0.15, 0.2) is 54.6 Å². The van der Waals surface area contributed by atoms with Crippen molar-refractivity contribution >= 4 is 40.7 Å². The predicted octanol–water partition coefficient (Wildman–Crippen LogP) is 12.1. The molecule has 1 N–H and O–H groups in total. The number of benzene rings is 3. The molecular weight excluding hydrogens is 809 g/mol. The molecule has 0 atom stereocenters. The number of hydrogen-bond donors (Lipinski definition) is 1. The van der Waals surface area contributed by atoms with Crippen LogP contribution < -0.4 is 5.19 Å². The van der Waals surface area contributed by atoms with Gasteiger partial charge < -0.3 is 5.11 Å². The second-order valence-corrected chi connectivity index (χ2v) is 21.0. The van der Waals surface area contributed by atoms with Gasteiger partial charge in [0, 0.05) is 42.4 Å². The Labute approximate surface area is 317 Å². The Hall–Kier alpha value is -2.66. The topological polar surface area (TPSA) is 63.1 Å². The monoisotopic (exact) mass is 870 g/mol. The number of allylic oxidation sites excluding steroid dienone is 2. The number of fused-ring (bicyclic) bond motifs is 3. The van der Waals surface area contributed by atoms with Gasteiger partial charge in [-0.15, -0.1) is 35.4 Å². The van der Waals surface area contributed by atoms with Crippen molar-refractivity contribution in [1.29, 1.82) is 0 Å². The number of carbonyl (C=O) groups excluding carboxylic acids is 1. The SMILES string of the molecule is CCC(C)(CC)C(=O)/C=C(\O)C(C)(CC)CC.Cc1cc2ccc3c(-c4[c-]cc(C5CCCCC5)cc4)ncnc3c2c(C)c1[Si](C)(C)C.[Ir]. The van der Waals surface area contributed by atoms with Crippen molar-refractivity contribution in [1.82, 2.24) is 9.97 Å². The molecule has 0 aliphatic heterocycles. The number of aliphatic hydroxyl groups is 1. The summed E-state index contributed by atoms with van der Waals surface area (Å²) in [7, 11) is -1.48. The number of aromatic nitrogens is 2. The first kappa shape index (κ1) is 41.8. The minimum atomic E-state index is -1.48. The molecule has 1 aliphatic rings. The molecule has 5 rings (SSSR count). The summed E-state index contributed by atoms with van der Waals surface area (Å²) >= 11 is 0. The van der Waals surface area contributed by atoms with Gasteiger partial charge in [0.25, 0.3) is 0 Å². The van der Waals surface area contributed by atoms with E-state index in [1.165, 1.54) is 65.6 Å². The fraction of sp³-hybridized carbons (Fsp3) is 0.523. The van der Waals surface area contributed by atoms with Gasteiger partial charge in [0.1, 0.15) is 12.1 Å². The normalized spacial score (nSPS) is 14.7. The van der Waals surface area contributed by atoms with Crippen LogP contribution in [-0.2, 0) is 24.9 Å². The van der Waals surface area contributed by atoms with E-state index in [-0.39, 0.29) is 42.5 Å². The van der Waals surface area contributed by atoms with Crippen LogP contribution in [0.25, 0.3) is 32.9 Å². The summed E-state index contributed by atoms with van der Waals surface area (Å²) in [5.41, 5.74) is 6.75. The first-order chi connectivity index (χ1) is 23.1. The van der Waals surface area contributed by atoms with Gasteiger partial charge in [-0.05, 0) is 61.6 Å². The van der Waals surface area contributed by atoms with E-state index in [2.05, 4.69) is 76.0 Å². The van der Waals surface area contributed by atoms with Crippen LogP contribution in [0.4, 0.5) is 0 Å². The van der Waals surface area contributed by atoms with Crippen LogP contribution in [0.3, 0.4) is 0 Å². The maximum absolute atomic E-state index is 12.2. The molecular formula is C44H61IrN2O2Si-. The van der Waals surface area contributed by atoms with Gasteiger partial charge in [-0.25, -0.2) is 4.98 Å². The average molecular weight is 870 g/mol. The Morgan fingerprint density at radius 2 is 1.54 bits per heavy atom. The maximum atomic E-state index is 12.2. The van der Waals surface area contributed by atoms with E-state index >= 15 is 0 Å². The van der Waals surface area contributed by atoms with Crippen molar-refractivity contribution < 1.29 is 30.0 Å². The zero-order valence-electron chi connectivity index (χ0n) is 32.6. The second-order valence-electron chi connectivity index (χ2n) is 16.0. The molecule has 6 heteroatoms. The Balaban J connectivity index is 0.000000323. The van der Waals surface area contributed by atoms with Crippen molar-refractivity contribution in [2.45, 2.75) is 139 Å². The summed E-state index contributed by atoms with van der Waals surface area (Å²) in [6.45, 7) is 23.9. The first-order valence-electron chi connectivity index (χ1n) is 18.8. The van der Waals surface area contributed by atoms with E-state index in [0.717, 1.165) is 47.8 Å². The number of nitrogens with zero attached hydrogens (tertiary/aromatic N) is 2. The van der Waals surface area contributed by atoms with E-state index in [0.29, 0.717) is 5.92 Å². The van der Waals surface area contributed by atoms with Gasteiger partial charge in [-0.1, -0.05) is 128 Å². The number of hydrogen-bond acceptors (Lipinski definition) is 4. The summed E-state index contributed by atoms with van der Waals surface area (Å²) in [5.74, 6) is 0.986. The number of carbonyl (C=O) groups is 1. The van der Waals surface area contributed by atoms with E-state index in [4.69, 9.17) is 9.97 Å². The average Bonchev–Trinajstić information content (AvgIpc) is 3.10. The molecule has 3 aromatic carbocycles. The molecule has 1 aliphatic carbocycles. The van der Waals surface area contributed by atoms with Crippen molar-refractivity contribution in [2.24, 2.45) is 10.8 Å². The number of ketones is 1. The molecule has 0 amide bonds. The third kappa shape index (κ3) is 8.85. The molecule has 50 heavy (non-hydrogen) atoms. The van der Waals surface area contributed by atoms with Crippen LogP contribution in [-0.4, -0.2) is 28.9 Å². The maximum Gasteiger partial charge on any atom is 0.164 e. The molecule has 0 spiro atoms. The third-order valence-electron chi connectivity index (χ3n) is 11.9. The smallest absolute Gasteiger partial charge is 0.164 e. The Kier molecular flexibility index (Phi) is 14.4. The Bertz CT molecular complexity index is 1790. The molecule has 0 bridgehead atoms. The molecule has 1 fully saturated rings. The molecule has 0 unspecified atom stereocenters. The van der Waals surface area contributed by atoms with Crippen LogP contribution in [0.1, 0.15) is 122 Å². The molecule has 4 aromatic rings. The second kappa shape index (κ2) is 17.2. The summed E-state index contributed by atoms with van der Waals surface area (Å²) < 4.78 is 0. The van der Waals surface area contributed by atoms with E-state index < -0.39 is 8.07 Å². The quantitative estimate of drug-likeness (QED) is 0.0567. The van der Waals surface area contributed by atoms with Gasteiger partial charge in [-0.2, -0.15) is 0 Å². The van der Waals surface area contributed by atoms with Gasteiger partial charge >= 0.3 is 0 Å². The number of aliphatic hydroxyl groups excluding tert-OH is 1. The van der Waals surface area contributed by atoms with Gasteiger partial charge in [0.2, 0.25) is 0 Å². The van der Waals surface area contributed by atoms with Crippen LogP contribution in [0.2, 0.25) is 19.6 Å². The largest absolute Gasteiger partial charge is 0.512 e. The van der Waals surface area contributed by atoms with E-state index in [9.17, 15) is 9.90 Å². The fourth-order valence-electron chi connectivity index (χ4n) is 7.71. The van der Waals surface area contributed by atoms with Gasteiger partial charge in [0.15, 0.2) is 5.78 Å². The van der Waals surface area contributed by atoms with Crippen molar-refractivity contribution in [3.63, 3.8) is 0 Å². The van der Waals surface area contributed by atoms with Crippen LogP contribution >= 0.6 is 0 Å². The molecule has 0 saturated heterocycles. The van der Waals surface area contributed by atoms with Crippen molar-refractivity contribution in [3.05, 3.63) is 77.3 Å². The van der Waals surface area contributed by atoms with Gasteiger partial charge in [-0.3, -0.25) is 9.78 Å². The standard InChI is InChI=1S/C29H33N2Si.C15H28O2.Ir/c1-19-17-24-15-16-25-27(23-13-11-22(12-14-23)21-9-7-6-8-10-21)30-18-31-28(25)26(24)20(2)29(19)32(3,4)5;1-7-14(5,8-2)12(16)11-13(17)15(6,9-3)10-4;/h11-13,15-18,21H,6-10H2,1-5H3;11,16H,7-10H2,1-6H3;/q-1;;/b;12-11-;. The minimum absolute atomic E-state index is 0. The summed E-state index contributed by atoms with van der Waals surface area (Å²) in [5, 5.41) is 15.4. The van der Waals surface area contributed by atoms with Crippen molar-refractivity contribution in [3.8, 4) is 11.3 Å². The third-order valence-corrected chi connectivity index (χ3v) is 14.1. The zero-order valence-corrected chi connectivity index (χ0v) is 36.0. The van der Waals surface area contributed by atoms with E-state index in [1.54, 1.807) is 11.5 Å². The fourth-order valence-corrected chi connectivity index (χ4v) is 10.2. The predicted molar refractivity (Wildman–Crippen MR) is 213 cm³/mol. The van der Waals surface area contributed by atoms with Gasteiger partial charge in [0.05, 0.1) is 13.6 Å². The molecule has 1 aromatic heterocycles. The summed E-state index contributed by atoms with van der Waals surface area (Å²) in [6.07, 6.45) is 13.2. The van der Waals surface area contributed by atoms with Crippen LogP contribution in [0.5, 0.6) is 0 Å². The first-order valence-corrected chi connectivity index (χ1v) is 22.3. The molecule has 1 saturated carbocycles. The minimum Gasteiger partial charge on any atom is -0.512 e. The van der Waals surface area contributed by atoms with Crippen molar-refractivity contribution in [2.75, 3.05) is 0 Å². The Morgan fingerprint density at radius 1 is 0.920 bits per heavy atom. The number of rotatable bonds is 10. The molecule has 4 nitrogen and oxygen atoms in total. The Morgan fingerprint density at radius 3 is 2.08 bits per heavy atom. The van der Waals surface area contributed by atoms with E-state index in [1.807, 2.05) is 41.5 Å². The van der Waals surface area contributed by atoms with Crippen LogP contribution in [0, 0.1) is 30.7 Å². The molecule has 1 radical (unpaired) electrons. The summed E-state index contributed by atoms with van der Waals surface area (Å²) in [6, 6.07) is 17.1.